The summed E-state index contributed by atoms with van der Waals surface area (Å²) >= 11 is 0. The van der Waals surface area contributed by atoms with E-state index in [4.69, 9.17) is 0 Å². The van der Waals surface area contributed by atoms with Crippen molar-refractivity contribution in [1.82, 2.24) is 20.1 Å². The van der Waals surface area contributed by atoms with Crippen LogP contribution in [-0.2, 0) is 13.0 Å². The molecule has 4 nitrogen and oxygen atoms in total. The van der Waals surface area contributed by atoms with E-state index in [-0.39, 0.29) is 0 Å². The first kappa shape index (κ1) is 18.1. The van der Waals surface area contributed by atoms with Crippen LogP contribution in [0.25, 0.3) is 0 Å². The van der Waals surface area contributed by atoms with Gasteiger partial charge in [0, 0.05) is 19.0 Å². The van der Waals surface area contributed by atoms with E-state index in [1.807, 2.05) is 0 Å². The first-order valence-electron chi connectivity index (χ1n) is 8.44. The molecule has 1 aromatic heterocycles. The number of nitrogens with one attached hydrogen (secondary N) is 1. The van der Waals surface area contributed by atoms with Gasteiger partial charge < -0.3 is 5.32 Å². The van der Waals surface area contributed by atoms with E-state index in [2.05, 4.69) is 61.6 Å². The fraction of sp³-hybridized carbons (Fsp3) is 0.882. The van der Waals surface area contributed by atoms with Crippen molar-refractivity contribution in [3.05, 3.63) is 12.2 Å². The van der Waals surface area contributed by atoms with Gasteiger partial charge in [-0.15, -0.1) is 0 Å². The van der Waals surface area contributed by atoms with E-state index in [1.54, 1.807) is 6.33 Å². The average molecular weight is 294 g/mol. The third-order valence-electron chi connectivity index (χ3n) is 3.81. The summed E-state index contributed by atoms with van der Waals surface area (Å²) in [5.41, 5.74) is 0.306. The van der Waals surface area contributed by atoms with Crippen LogP contribution in [-0.4, -0.2) is 27.4 Å². The lowest BCUT2D eigenvalue weighted by Crippen LogP contribution is -2.40. The SMILES string of the molecule is CCCNC(CCCc1ncnn1CC(C)C)C(C)(C)C. The topological polar surface area (TPSA) is 42.7 Å². The number of rotatable bonds is 9. The Kier molecular flexibility index (Phi) is 7.36. The van der Waals surface area contributed by atoms with Gasteiger partial charge in [-0.1, -0.05) is 41.5 Å². The fourth-order valence-corrected chi connectivity index (χ4v) is 2.60. The van der Waals surface area contributed by atoms with Gasteiger partial charge in [-0.25, -0.2) is 9.67 Å². The summed E-state index contributed by atoms with van der Waals surface area (Å²) in [7, 11) is 0. The predicted octanol–water partition coefficient (Wildman–Crippen LogP) is 3.67. The molecule has 0 saturated carbocycles. The van der Waals surface area contributed by atoms with Crippen molar-refractivity contribution in [2.75, 3.05) is 6.54 Å². The molecular weight excluding hydrogens is 260 g/mol. The minimum Gasteiger partial charge on any atom is -0.313 e. The molecular formula is C17H34N4. The Morgan fingerprint density at radius 3 is 2.57 bits per heavy atom. The molecule has 1 rings (SSSR count). The molecule has 0 radical (unpaired) electrons. The Bertz CT molecular complexity index is 390. The lowest BCUT2D eigenvalue weighted by molar-refractivity contribution is 0.250. The fourth-order valence-electron chi connectivity index (χ4n) is 2.60. The highest BCUT2D eigenvalue weighted by Crippen LogP contribution is 2.23. The summed E-state index contributed by atoms with van der Waals surface area (Å²) in [4.78, 5) is 4.42. The van der Waals surface area contributed by atoms with E-state index in [0.29, 0.717) is 17.4 Å². The maximum atomic E-state index is 4.42. The van der Waals surface area contributed by atoms with Crippen LogP contribution in [0.5, 0.6) is 0 Å². The van der Waals surface area contributed by atoms with E-state index in [9.17, 15) is 0 Å². The van der Waals surface area contributed by atoms with E-state index < -0.39 is 0 Å². The van der Waals surface area contributed by atoms with Crippen molar-refractivity contribution >= 4 is 0 Å². The lowest BCUT2D eigenvalue weighted by atomic mass is 9.83. The van der Waals surface area contributed by atoms with Crippen LogP contribution in [0, 0.1) is 11.3 Å². The average Bonchev–Trinajstić information content (AvgIpc) is 2.78. The largest absolute Gasteiger partial charge is 0.313 e. The summed E-state index contributed by atoms with van der Waals surface area (Å²) in [5.74, 6) is 1.74. The molecule has 21 heavy (non-hydrogen) atoms. The Morgan fingerprint density at radius 2 is 2.00 bits per heavy atom. The van der Waals surface area contributed by atoms with Crippen molar-refractivity contribution in [3.63, 3.8) is 0 Å². The first-order chi connectivity index (χ1) is 9.84. The Labute approximate surface area is 130 Å². The molecule has 1 atom stereocenters. The van der Waals surface area contributed by atoms with Crippen LogP contribution in [0.15, 0.2) is 6.33 Å². The molecule has 0 aliphatic heterocycles. The molecule has 122 valence electrons. The van der Waals surface area contributed by atoms with Crippen LogP contribution in [0.1, 0.15) is 66.6 Å². The van der Waals surface area contributed by atoms with Crippen molar-refractivity contribution in [2.45, 2.75) is 79.8 Å². The molecule has 4 heteroatoms. The first-order valence-corrected chi connectivity index (χ1v) is 8.44. The van der Waals surface area contributed by atoms with E-state index in [1.165, 1.54) is 12.8 Å². The van der Waals surface area contributed by atoms with Gasteiger partial charge in [-0.3, -0.25) is 0 Å². The summed E-state index contributed by atoms with van der Waals surface area (Å²) in [5, 5.41) is 8.04. The highest BCUT2D eigenvalue weighted by atomic mass is 15.3. The van der Waals surface area contributed by atoms with E-state index >= 15 is 0 Å². The maximum absolute atomic E-state index is 4.42. The van der Waals surface area contributed by atoms with Gasteiger partial charge in [0.15, 0.2) is 0 Å². The molecule has 0 amide bonds. The minimum atomic E-state index is 0.306. The second-order valence-electron chi connectivity index (χ2n) is 7.52. The number of aryl methyl sites for hydroxylation is 1. The summed E-state index contributed by atoms with van der Waals surface area (Å²) < 4.78 is 2.07. The Morgan fingerprint density at radius 1 is 1.29 bits per heavy atom. The molecule has 0 spiro atoms. The van der Waals surface area contributed by atoms with Crippen LogP contribution in [0.2, 0.25) is 0 Å². The molecule has 0 aliphatic carbocycles. The van der Waals surface area contributed by atoms with Crippen LogP contribution < -0.4 is 5.32 Å². The van der Waals surface area contributed by atoms with Gasteiger partial charge in [-0.2, -0.15) is 5.10 Å². The standard InChI is InChI=1S/C17H34N4/c1-7-11-18-15(17(4,5)6)9-8-10-16-19-13-20-21(16)12-14(2)3/h13-15,18H,7-12H2,1-6H3. The summed E-state index contributed by atoms with van der Waals surface area (Å²) in [6.07, 6.45) is 6.25. The molecule has 0 fully saturated rings. The maximum Gasteiger partial charge on any atom is 0.138 e. The molecule has 1 aromatic rings. The second kappa shape index (κ2) is 8.52. The van der Waals surface area contributed by atoms with E-state index in [0.717, 1.165) is 31.8 Å². The predicted molar refractivity (Wildman–Crippen MR) is 89.3 cm³/mol. The monoisotopic (exact) mass is 294 g/mol. The zero-order chi connectivity index (χ0) is 15.9. The van der Waals surface area contributed by atoms with Gasteiger partial charge in [0.25, 0.3) is 0 Å². The molecule has 1 unspecified atom stereocenters. The number of hydrogen-bond acceptors (Lipinski definition) is 3. The van der Waals surface area contributed by atoms with Crippen LogP contribution in [0.4, 0.5) is 0 Å². The smallest absolute Gasteiger partial charge is 0.138 e. The number of hydrogen-bond donors (Lipinski definition) is 1. The molecule has 1 heterocycles. The molecule has 0 saturated heterocycles. The molecule has 0 aromatic carbocycles. The van der Waals surface area contributed by atoms with Crippen molar-refractivity contribution < 1.29 is 0 Å². The van der Waals surface area contributed by atoms with Crippen LogP contribution in [0.3, 0.4) is 0 Å². The van der Waals surface area contributed by atoms with Gasteiger partial charge in [0.1, 0.15) is 12.2 Å². The number of nitrogens with zero attached hydrogens (tertiary/aromatic N) is 3. The van der Waals surface area contributed by atoms with Crippen LogP contribution >= 0.6 is 0 Å². The molecule has 0 bridgehead atoms. The Balaban J connectivity index is 2.48. The quantitative estimate of drug-likeness (QED) is 0.755. The number of aromatic nitrogens is 3. The highest BCUT2D eigenvalue weighted by molar-refractivity contribution is 4.87. The molecule has 0 aliphatic rings. The zero-order valence-electron chi connectivity index (χ0n) is 14.8. The normalized spacial score (nSPS) is 13.9. The summed E-state index contributed by atoms with van der Waals surface area (Å²) in [6, 6.07) is 0.568. The minimum absolute atomic E-state index is 0.306. The third-order valence-corrected chi connectivity index (χ3v) is 3.81. The summed E-state index contributed by atoms with van der Waals surface area (Å²) in [6.45, 7) is 15.7. The van der Waals surface area contributed by atoms with Gasteiger partial charge in [0.2, 0.25) is 0 Å². The van der Waals surface area contributed by atoms with Gasteiger partial charge >= 0.3 is 0 Å². The van der Waals surface area contributed by atoms with Gasteiger partial charge in [-0.05, 0) is 37.1 Å². The van der Waals surface area contributed by atoms with Crippen molar-refractivity contribution in [2.24, 2.45) is 11.3 Å². The lowest BCUT2D eigenvalue weighted by Gasteiger charge is -2.31. The van der Waals surface area contributed by atoms with Gasteiger partial charge in [0.05, 0.1) is 0 Å². The Hall–Kier alpha value is -0.900. The highest BCUT2D eigenvalue weighted by Gasteiger charge is 2.23. The van der Waals surface area contributed by atoms with Crippen molar-refractivity contribution in [1.29, 1.82) is 0 Å². The molecule has 1 N–H and O–H groups in total. The van der Waals surface area contributed by atoms with Crippen molar-refractivity contribution in [3.8, 4) is 0 Å². The zero-order valence-corrected chi connectivity index (χ0v) is 14.8. The third kappa shape index (κ3) is 6.60. The second-order valence-corrected chi connectivity index (χ2v) is 7.52.